The quantitative estimate of drug-likeness (QED) is 0.697. The molecule has 1 N–H and O–H groups in total. The number of pyridine rings is 1. The molecule has 1 aliphatic heterocycles. The number of halogens is 2. The molecule has 1 fully saturated rings. The Balaban J connectivity index is 1.50. The second-order valence-electron chi connectivity index (χ2n) is 7.44. The fourth-order valence-electron chi connectivity index (χ4n) is 3.60. The van der Waals surface area contributed by atoms with Gasteiger partial charge in [-0.1, -0.05) is 0 Å². The summed E-state index contributed by atoms with van der Waals surface area (Å²) in [4.78, 5) is 39.9. The zero-order valence-corrected chi connectivity index (χ0v) is 16.5. The van der Waals surface area contributed by atoms with Gasteiger partial charge in [-0.3, -0.25) is 9.59 Å². The fourth-order valence-corrected chi connectivity index (χ4v) is 3.60. The third-order valence-corrected chi connectivity index (χ3v) is 5.25. The lowest BCUT2D eigenvalue weighted by Gasteiger charge is -2.31. The fraction of sp³-hybridized carbons (Fsp3) is 0.421. The number of piperidine rings is 1. The first kappa shape index (κ1) is 19.9. The predicted molar refractivity (Wildman–Crippen MR) is 106 cm³/mol. The normalized spacial score (nSPS) is 15.2. The number of likely N-dealkylation sites (tertiary alicyclic amines) is 1. The molecule has 0 spiro atoms. The van der Waals surface area contributed by atoms with Gasteiger partial charge in [-0.2, -0.15) is 13.9 Å². The van der Waals surface area contributed by atoms with Gasteiger partial charge in [-0.25, -0.2) is 14.6 Å². The van der Waals surface area contributed by atoms with Crippen LogP contribution in [-0.2, 0) is 0 Å². The number of hydrogen-bond acceptors (Lipinski definition) is 6. The molecule has 0 saturated carbocycles. The van der Waals surface area contributed by atoms with Gasteiger partial charge in [0.2, 0.25) is 5.95 Å². The number of carbonyl (C=O) groups excluding carboxylic acids is 1. The van der Waals surface area contributed by atoms with Gasteiger partial charge < -0.3 is 14.8 Å². The van der Waals surface area contributed by atoms with Crippen LogP contribution in [-0.4, -0.2) is 62.7 Å². The molecule has 4 rings (SSSR count). The van der Waals surface area contributed by atoms with Gasteiger partial charge in [0.1, 0.15) is 0 Å². The van der Waals surface area contributed by atoms with Gasteiger partial charge in [0.25, 0.3) is 11.5 Å². The number of aromatic nitrogens is 5. The average Bonchev–Trinajstić information content (AvgIpc) is 3.23. The van der Waals surface area contributed by atoms with Crippen molar-refractivity contribution in [2.75, 3.05) is 32.1 Å². The number of H-pyrrole nitrogens is 1. The van der Waals surface area contributed by atoms with Crippen LogP contribution < -0.4 is 10.5 Å². The van der Waals surface area contributed by atoms with Crippen LogP contribution >= 0.6 is 0 Å². The highest BCUT2D eigenvalue weighted by Crippen LogP contribution is 2.28. The molecule has 9 nitrogen and oxygen atoms in total. The number of amides is 1. The van der Waals surface area contributed by atoms with E-state index in [1.807, 2.05) is 20.2 Å². The van der Waals surface area contributed by atoms with Gasteiger partial charge in [0, 0.05) is 51.2 Å². The maximum Gasteiger partial charge on any atom is 0.333 e. The highest BCUT2D eigenvalue weighted by molar-refractivity contribution is 5.92. The van der Waals surface area contributed by atoms with Crippen molar-refractivity contribution >= 4 is 22.8 Å². The summed E-state index contributed by atoms with van der Waals surface area (Å²) in [6.45, 7) is -1.89. The summed E-state index contributed by atoms with van der Waals surface area (Å²) in [5.41, 5.74) is 1.10. The molecule has 1 aliphatic rings. The number of alkyl halides is 2. The smallest absolute Gasteiger partial charge is 0.333 e. The van der Waals surface area contributed by atoms with Crippen molar-refractivity contribution in [3.8, 4) is 0 Å². The average molecular weight is 417 g/mol. The number of nitrogens with zero attached hydrogens (tertiary/aromatic N) is 6. The van der Waals surface area contributed by atoms with Crippen molar-refractivity contribution in [2.45, 2.75) is 25.3 Å². The maximum absolute atomic E-state index is 12.7. The molecule has 11 heteroatoms. The van der Waals surface area contributed by atoms with Crippen LogP contribution in [0.2, 0.25) is 0 Å². The standard InChI is InChI=1S/C19H21F2N7O2/c1-26(2)19-22-10-12-15(24-19)9-14(23-16(12)29)11-3-6-27(7-4-11)17(30)13-5-8-28(25-13)18(20)21/h5,8-11,18H,3-4,6-7H2,1-2H3,(H,23,29). The van der Waals surface area contributed by atoms with Crippen LogP contribution in [0.5, 0.6) is 0 Å². The summed E-state index contributed by atoms with van der Waals surface area (Å²) in [6.07, 6.45) is 3.87. The Morgan fingerprint density at radius 3 is 2.67 bits per heavy atom. The molecule has 0 unspecified atom stereocenters. The van der Waals surface area contributed by atoms with Gasteiger partial charge in [0.05, 0.1) is 10.9 Å². The molecule has 3 aromatic heterocycles. The van der Waals surface area contributed by atoms with Crippen molar-refractivity contribution in [3.05, 3.63) is 46.3 Å². The Hall–Kier alpha value is -3.37. The van der Waals surface area contributed by atoms with Crippen LogP contribution in [0.25, 0.3) is 10.9 Å². The van der Waals surface area contributed by atoms with Crippen molar-refractivity contribution in [1.82, 2.24) is 29.6 Å². The number of fused-ring (bicyclic) bond motifs is 1. The van der Waals surface area contributed by atoms with Crippen molar-refractivity contribution in [1.29, 1.82) is 0 Å². The summed E-state index contributed by atoms with van der Waals surface area (Å²) >= 11 is 0. The zero-order chi connectivity index (χ0) is 21.4. The molecule has 3 aromatic rings. The van der Waals surface area contributed by atoms with E-state index in [-0.39, 0.29) is 23.1 Å². The van der Waals surface area contributed by atoms with Crippen LogP contribution in [0.1, 0.15) is 41.5 Å². The van der Waals surface area contributed by atoms with E-state index in [0.29, 0.717) is 47.5 Å². The van der Waals surface area contributed by atoms with E-state index < -0.39 is 6.55 Å². The summed E-state index contributed by atoms with van der Waals surface area (Å²) in [5, 5.41) is 4.06. The first-order chi connectivity index (χ1) is 14.3. The number of rotatable bonds is 4. The lowest BCUT2D eigenvalue weighted by atomic mass is 9.92. The number of hydrogen-bond donors (Lipinski definition) is 1. The Kier molecular flexibility index (Phi) is 5.18. The minimum absolute atomic E-state index is 0.000719. The van der Waals surface area contributed by atoms with Crippen LogP contribution in [0, 0.1) is 0 Å². The highest BCUT2D eigenvalue weighted by Gasteiger charge is 2.27. The topological polar surface area (TPSA) is 100 Å². The molecule has 4 heterocycles. The van der Waals surface area contributed by atoms with Crippen LogP contribution in [0.3, 0.4) is 0 Å². The largest absolute Gasteiger partial charge is 0.347 e. The van der Waals surface area contributed by atoms with E-state index in [9.17, 15) is 18.4 Å². The van der Waals surface area contributed by atoms with Crippen LogP contribution in [0.15, 0.2) is 29.3 Å². The molecule has 0 radical (unpaired) electrons. The van der Waals surface area contributed by atoms with Gasteiger partial charge in [0.15, 0.2) is 5.69 Å². The van der Waals surface area contributed by atoms with E-state index in [0.717, 1.165) is 11.9 Å². The minimum atomic E-state index is -2.78. The zero-order valence-electron chi connectivity index (χ0n) is 16.5. The SMILES string of the molecule is CN(C)c1ncc2c(=O)[nH]c(C3CCN(C(=O)c4ccn(C(F)F)n4)CC3)cc2n1. The first-order valence-electron chi connectivity index (χ1n) is 9.53. The molecule has 0 aliphatic carbocycles. The first-order valence-corrected chi connectivity index (χ1v) is 9.53. The number of nitrogens with one attached hydrogen (secondary N) is 1. The molecule has 1 saturated heterocycles. The van der Waals surface area contributed by atoms with E-state index in [2.05, 4.69) is 20.1 Å². The predicted octanol–water partition coefficient (Wildman–Crippen LogP) is 2.00. The second kappa shape index (κ2) is 7.81. The monoisotopic (exact) mass is 417 g/mol. The number of anilines is 1. The van der Waals surface area contributed by atoms with Gasteiger partial charge in [-0.15, -0.1) is 0 Å². The third-order valence-electron chi connectivity index (χ3n) is 5.25. The molecule has 0 aromatic carbocycles. The van der Waals surface area contributed by atoms with E-state index in [4.69, 9.17) is 0 Å². The Morgan fingerprint density at radius 2 is 2.03 bits per heavy atom. The second-order valence-corrected chi connectivity index (χ2v) is 7.44. The molecule has 0 atom stereocenters. The lowest BCUT2D eigenvalue weighted by Crippen LogP contribution is -2.38. The Morgan fingerprint density at radius 1 is 1.30 bits per heavy atom. The highest BCUT2D eigenvalue weighted by atomic mass is 19.3. The molecule has 30 heavy (non-hydrogen) atoms. The van der Waals surface area contributed by atoms with Crippen molar-refractivity contribution in [2.24, 2.45) is 0 Å². The van der Waals surface area contributed by atoms with Crippen LogP contribution in [0.4, 0.5) is 14.7 Å². The summed E-state index contributed by atoms with van der Waals surface area (Å²) in [7, 11) is 3.65. The molecule has 1 amide bonds. The van der Waals surface area contributed by atoms with Gasteiger partial charge in [-0.05, 0) is 25.0 Å². The molecular weight excluding hydrogens is 396 g/mol. The maximum atomic E-state index is 12.7. The molecule has 0 bridgehead atoms. The lowest BCUT2D eigenvalue weighted by molar-refractivity contribution is 0.0547. The van der Waals surface area contributed by atoms with E-state index >= 15 is 0 Å². The van der Waals surface area contributed by atoms with E-state index in [1.54, 1.807) is 9.80 Å². The molecule has 158 valence electrons. The summed E-state index contributed by atoms with van der Waals surface area (Å²) in [5.74, 6) is 0.202. The Labute approximate surface area is 170 Å². The summed E-state index contributed by atoms with van der Waals surface area (Å²) < 4.78 is 25.8. The van der Waals surface area contributed by atoms with E-state index in [1.165, 1.54) is 12.3 Å². The Bertz CT molecular complexity index is 1130. The third kappa shape index (κ3) is 3.74. The van der Waals surface area contributed by atoms with Gasteiger partial charge >= 0.3 is 6.55 Å². The summed E-state index contributed by atoms with van der Waals surface area (Å²) in [6, 6.07) is 3.15. The number of aromatic amines is 1. The molecular formula is C19H21F2N7O2. The number of carbonyl (C=O) groups is 1. The van der Waals surface area contributed by atoms with Crippen molar-refractivity contribution in [3.63, 3.8) is 0 Å². The van der Waals surface area contributed by atoms with Crippen molar-refractivity contribution < 1.29 is 13.6 Å². The minimum Gasteiger partial charge on any atom is -0.347 e.